The molecule has 1 aliphatic heterocycles. The van der Waals surface area contributed by atoms with Crippen LogP contribution in [0, 0.1) is 0 Å². The van der Waals surface area contributed by atoms with Crippen LogP contribution in [0.2, 0.25) is 0 Å². The molecule has 0 radical (unpaired) electrons. The van der Waals surface area contributed by atoms with E-state index >= 15 is 0 Å². The van der Waals surface area contributed by atoms with Gasteiger partial charge in [-0.1, -0.05) is 0 Å². The Balaban J connectivity index is 2.02. The first-order chi connectivity index (χ1) is 9.50. The number of aromatic amines is 1. The van der Waals surface area contributed by atoms with E-state index in [1.807, 2.05) is 11.9 Å². The monoisotopic (exact) mass is 296 g/mol. The largest absolute Gasteiger partial charge is 0.357 e. The van der Waals surface area contributed by atoms with Gasteiger partial charge in [-0.3, -0.25) is 0 Å². The molecule has 0 bridgehead atoms. The van der Waals surface area contributed by atoms with Crippen molar-refractivity contribution in [2.45, 2.75) is 12.5 Å². The number of hydrogen-bond donors (Lipinski definition) is 2. The number of nitrogens with zero attached hydrogens (tertiary/aromatic N) is 4. The van der Waals surface area contributed by atoms with E-state index < -0.39 is 9.84 Å². The molecule has 1 aliphatic rings. The van der Waals surface area contributed by atoms with Gasteiger partial charge in [-0.05, 0) is 6.42 Å². The molecule has 2 aromatic heterocycles. The number of rotatable bonds is 3. The smallest absolute Gasteiger partial charge is 0.226 e. The highest BCUT2D eigenvalue weighted by Gasteiger charge is 2.32. The SMILES string of the molecule is CNc1nc(N(C)C2CCS(=O)(=O)C2)c2[nH]cnc2n1. The van der Waals surface area contributed by atoms with Gasteiger partial charge in [0.2, 0.25) is 5.95 Å². The fraction of sp³-hybridized carbons (Fsp3) is 0.545. The molecule has 0 amide bonds. The third-order valence-electron chi connectivity index (χ3n) is 3.58. The molecule has 0 aromatic carbocycles. The molecule has 1 unspecified atom stereocenters. The zero-order chi connectivity index (χ0) is 14.3. The van der Waals surface area contributed by atoms with Crippen LogP contribution in [0.1, 0.15) is 6.42 Å². The third kappa shape index (κ3) is 2.17. The van der Waals surface area contributed by atoms with Crippen LogP contribution in [-0.4, -0.2) is 60.0 Å². The molecule has 108 valence electrons. The van der Waals surface area contributed by atoms with Gasteiger partial charge < -0.3 is 15.2 Å². The number of anilines is 2. The highest BCUT2D eigenvalue weighted by Crippen LogP contribution is 2.26. The molecule has 3 rings (SSSR count). The number of aromatic nitrogens is 4. The molecule has 1 atom stereocenters. The van der Waals surface area contributed by atoms with E-state index in [0.717, 1.165) is 5.52 Å². The van der Waals surface area contributed by atoms with Gasteiger partial charge in [-0.2, -0.15) is 9.97 Å². The van der Waals surface area contributed by atoms with Crippen molar-refractivity contribution in [2.75, 3.05) is 35.8 Å². The minimum absolute atomic E-state index is 0.0638. The van der Waals surface area contributed by atoms with E-state index in [4.69, 9.17) is 0 Å². The topological polar surface area (TPSA) is 104 Å². The first-order valence-electron chi connectivity index (χ1n) is 6.32. The first-order valence-corrected chi connectivity index (χ1v) is 8.14. The quantitative estimate of drug-likeness (QED) is 0.822. The van der Waals surface area contributed by atoms with Crippen LogP contribution < -0.4 is 10.2 Å². The fourth-order valence-corrected chi connectivity index (χ4v) is 4.21. The Bertz CT molecular complexity index is 740. The predicted molar refractivity (Wildman–Crippen MR) is 76.7 cm³/mol. The van der Waals surface area contributed by atoms with Crippen LogP contribution in [0.25, 0.3) is 11.2 Å². The summed E-state index contributed by atoms with van der Waals surface area (Å²) in [5, 5.41) is 2.89. The molecule has 20 heavy (non-hydrogen) atoms. The molecule has 2 aromatic rings. The first kappa shape index (κ1) is 13.1. The highest BCUT2D eigenvalue weighted by molar-refractivity contribution is 7.91. The second kappa shape index (κ2) is 4.58. The van der Waals surface area contributed by atoms with Gasteiger partial charge in [0.1, 0.15) is 5.52 Å². The maximum absolute atomic E-state index is 11.6. The van der Waals surface area contributed by atoms with Gasteiger partial charge >= 0.3 is 0 Å². The van der Waals surface area contributed by atoms with Crippen molar-refractivity contribution in [3.63, 3.8) is 0 Å². The van der Waals surface area contributed by atoms with Crippen molar-refractivity contribution >= 4 is 32.8 Å². The van der Waals surface area contributed by atoms with Crippen LogP contribution >= 0.6 is 0 Å². The van der Waals surface area contributed by atoms with Gasteiger partial charge in [0.25, 0.3) is 0 Å². The minimum atomic E-state index is -2.93. The average molecular weight is 296 g/mol. The lowest BCUT2D eigenvalue weighted by Crippen LogP contribution is -2.33. The van der Waals surface area contributed by atoms with Crippen molar-refractivity contribution in [3.8, 4) is 0 Å². The van der Waals surface area contributed by atoms with E-state index in [9.17, 15) is 8.42 Å². The van der Waals surface area contributed by atoms with Crippen molar-refractivity contribution in [3.05, 3.63) is 6.33 Å². The number of H-pyrrole nitrogens is 1. The molecule has 9 heteroatoms. The molecule has 2 N–H and O–H groups in total. The van der Waals surface area contributed by atoms with E-state index in [0.29, 0.717) is 23.8 Å². The molecule has 0 saturated carbocycles. The Morgan fingerprint density at radius 1 is 1.45 bits per heavy atom. The van der Waals surface area contributed by atoms with Gasteiger partial charge in [0.15, 0.2) is 21.3 Å². The second-order valence-corrected chi connectivity index (χ2v) is 7.12. The molecule has 0 aliphatic carbocycles. The third-order valence-corrected chi connectivity index (χ3v) is 5.33. The number of sulfone groups is 1. The maximum Gasteiger partial charge on any atom is 0.226 e. The van der Waals surface area contributed by atoms with Crippen LogP contribution in [0.3, 0.4) is 0 Å². The molecule has 1 saturated heterocycles. The van der Waals surface area contributed by atoms with Crippen LogP contribution in [-0.2, 0) is 9.84 Å². The lowest BCUT2D eigenvalue weighted by Gasteiger charge is -2.24. The van der Waals surface area contributed by atoms with E-state index in [2.05, 4.69) is 25.3 Å². The Labute approximate surface area is 116 Å². The summed E-state index contributed by atoms with van der Waals surface area (Å²) < 4.78 is 23.2. The molecule has 3 heterocycles. The lowest BCUT2D eigenvalue weighted by atomic mass is 10.2. The predicted octanol–water partition coefficient (Wildman–Crippen LogP) is 0.0179. The summed E-state index contributed by atoms with van der Waals surface area (Å²) in [5.74, 6) is 1.53. The molecular formula is C11H16N6O2S. The zero-order valence-electron chi connectivity index (χ0n) is 11.3. The average Bonchev–Trinajstić information content (AvgIpc) is 3.02. The van der Waals surface area contributed by atoms with Crippen molar-refractivity contribution in [1.82, 2.24) is 19.9 Å². The van der Waals surface area contributed by atoms with E-state index in [1.54, 1.807) is 13.4 Å². The number of fused-ring (bicyclic) bond motifs is 1. The van der Waals surface area contributed by atoms with Crippen LogP contribution in [0.15, 0.2) is 6.33 Å². The normalized spacial score (nSPS) is 21.2. The van der Waals surface area contributed by atoms with Gasteiger partial charge in [-0.25, -0.2) is 13.4 Å². The summed E-state index contributed by atoms with van der Waals surface area (Å²) in [6, 6.07) is -0.0638. The summed E-state index contributed by atoms with van der Waals surface area (Å²) in [4.78, 5) is 17.7. The Kier molecular flexibility index (Phi) is 3.00. The molecule has 1 fully saturated rings. The Morgan fingerprint density at radius 2 is 2.25 bits per heavy atom. The number of imidazole rings is 1. The summed E-state index contributed by atoms with van der Waals surface area (Å²) >= 11 is 0. The lowest BCUT2D eigenvalue weighted by molar-refractivity contribution is 0.600. The van der Waals surface area contributed by atoms with Crippen molar-refractivity contribution < 1.29 is 8.42 Å². The van der Waals surface area contributed by atoms with Crippen LogP contribution in [0.5, 0.6) is 0 Å². The van der Waals surface area contributed by atoms with E-state index in [1.165, 1.54) is 0 Å². The molecule has 8 nitrogen and oxygen atoms in total. The highest BCUT2D eigenvalue weighted by atomic mass is 32.2. The maximum atomic E-state index is 11.6. The molecular weight excluding hydrogens is 280 g/mol. The summed E-state index contributed by atoms with van der Waals surface area (Å²) in [5.41, 5.74) is 1.28. The summed E-state index contributed by atoms with van der Waals surface area (Å²) in [6.45, 7) is 0. The minimum Gasteiger partial charge on any atom is -0.357 e. The van der Waals surface area contributed by atoms with Crippen molar-refractivity contribution in [1.29, 1.82) is 0 Å². The van der Waals surface area contributed by atoms with Gasteiger partial charge in [0, 0.05) is 20.1 Å². The Morgan fingerprint density at radius 3 is 2.90 bits per heavy atom. The van der Waals surface area contributed by atoms with Crippen LogP contribution in [0.4, 0.5) is 11.8 Å². The van der Waals surface area contributed by atoms with E-state index in [-0.39, 0.29) is 17.5 Å². The Hall–Kier alpha value is -1.90. The second-order valence-electron chi connectivity index (χ2n) is 4.89. The standard InChI is InChI=1S/C11H16N6O2S/c1-12-11-15-9-8(13-6-14-9)10(16-11)17(2)7-3-4-20(18,19)5-7/h6-7H,3-5H2,1-2H3,(H2,12,13,14,15,16). The number of nitrogens with one attached hydrogen (secondary N) is 2. The van der Waals surface area contributed by atoms with Crippen molar-refractivity contribution in [2.24, 2.45) is 0 Å². The van der Waals surface area contributed by atoms with Gasteiger partial charge in [0.05, 0.1) is 17.8 Å². The van der Waals surface area contributed by atoms with Gasteiger partial charge in [-0.15, -0.1) is 0 Å². The summed E-state index contributed by atoms with van der Waals surface area (Å²) in [6.07, 6.45) is 2.18. The number of hydrogen-bond acceptors (Lipinski definition) is 7. The molecule has 0 spiro atoms. The fourth-order valence-electron chi connectivity index (χ4n) is 2.44. The summed E-state index contributed by atoms with van der Waals surface area (Å²) in [7, 11) is 0.658. The zero-order valence-corrected chi connectivity index (χ0v) is 12.1.